The highest BCUT2D eigenvalue weighted by Gasteiger charge is 2.20. The van der Waals surface area contributed by atoms with Crippen molar-refractivity contribution in [2.75, 3.05) is 0 Å². The minimum atomic E-state index is -1.20. The first-order chi connectivity index (χ1) is 9.97. The molecule has 0 fully saturated rings. The molecule has 1 heterocycles. The lowest BCUT2D eigenvalue weighted by molar-refractivity contribution is 0.103. The van der Waals surface area contributed by atoms with E-state index in [0.29, 0.717) is 15.5 Å². The molecule has 0 unspecified atom stereocenters. The lowest BCUT2D eigenvalue weighted by Gasteiger charge is -2.06. The van der Waals surface area contributed by atoms with Gasteiger partial charge in [-0.25, -0.2) is 13.6 Å². The second-order valence-corrected chi connectivity index (χ2v) is 5.24. The van der Waals surface area contributed by atoms with Crippen LogP contribution in [0.5, 0.6) is 0 Å². The van der Waals surface area contributed by atoms with Gasteiger partial charge in [-0.1, -0.05) is 6.07 Å². The molecule has 0 amide bonds. The van der Waals surface area contributed by atoms with Gasteiger partial charge in [-0.05, 0) is 40.2 Å². The van der Waals surface area contributed by atoms with Crippen molar-refractivity contribution in [3.05, 3.63) is 68.1 Å². The second kappa shape index (κ2) is 4.92. The molecule has 3 rings (SSSR count). The zero-order valence-electron chi connectivity index (χ0n) is 10.3. The molecule has 0 aliphatic rings. The number of H-pyrrole nitrogens is 2. The predicted molar refractivity (Wildman–Crippen MR) is 76.4 cm³/mol. The maximum Gasteiger partial charge on any atom is 0.323 e. The first kappa shape index (κ1) is 13.7. The number of rotatable bonds is 2. The van der Waals surface area contributed by atoms with Gasteiger partial charge in [0.2, 0.25) is 0 Å². The lowest BCUT2D eigenvalue weighted by Crippen LogP contribution is -2.06. The van der Waals surface area contributed by atoms with Gasteiger partial charge in [-0.3, -0.25) is 4.79 Å². The number of hydrogen-bond donors (Lipinski definition) is 2. The van der Waals surface area contributed by atoms with Crippen LogP contribution in [-0.2, 0) is 0 Å². The summed E-state index contributed by atoms with van der Waals surface area (Å²) in [6, 6.07) is 6.34. The molecule has 0 spiro atoms. The summed E-state index contributed by atoms with van der Waals surface area (Å²) in [7, 11) is 0. The highest BCUT2D eigenvalue weighted by atomic mass is 79.9. The van der Waals surface area contributed by atoms with Gasteiger partial charge in [-0.15, -0.1) is 0 Å². The molecule has 4 nitrogen and oxygen atoms in total. The predicted octanol–water partition coefficient (Wildman–Crippen LogP) is 3.13. The topological polar surface area (TPSA) is 65.7 Å². The average molecular weight is 353 g/mol. The summed E-state index contributed by atoms with van der Waals surface area (Å²) < 4.78 is 27.3. The third kappa shape index (κ3) is 2.29. The Morgan fingerprint density at radius 1 is 1.05 bits per heavy atom. The Labute approximate surface area is 124 Å². The van der Waals surface area contributed by atoms with E-state index in [1.165, 1.54) is 24.3 Å². The van der Waals surface area contributed by atoms with Crippen LogP contribution in [0.25, 0.3) is 11.0 Å². The van der Waals surface area contributed by atoms with Gasteiger partial charge in [-0.2, -0.15) is 0 Å². The van der Waals surface area contributed by atoms with E-state index in [1.807, 2.05) is 0 Å². The minimum Gasteiger partial charge on any atom is -0.306 e. The van der Waals surface area contributed by atoms with Gasteiger partial charge in [0.25, 0.3) is 0 Å². The van der Waals surface area contributed by atoms with Crippen molar-refractivity contribution >= 4 is 32.7 Å². The fourth-order valence-corrected chi connectivity index (χ4v) is 2.58. The maximum atomic E-state index is 13.7. The van der Waals surface area contributed by atoms with Gasteiger partial charge in [0.15, 0.2) is 17.4 Å². The number of imidazole rings is 1. The summed E-state index contributed by atoms with van der Waals surface area (Å²) in [6.07, 6.45) is 0. The molecule has 7 heteroatoms. The summed E-state index contributed by atoms with van der Waals surface area (Å²) in [4.78, 5) is 28.6. The van der Waals surface area contributed by atoms with E-state index in [2.05, 4.69) is 25.9 Å². The SMILES string of the molecule is O=C(c1cc2[nH]c(=O)[nH]c2cc1Br)c1cccc(F)c1F. The van der Waals surface area contributed by atoms with Crippen LogP contribution in [0.15, 0.2) is 39.6 Å². The Kier molecular flexibility index (Phi) is 3.21. The summed E-state index contributed by atoms with van der Waals surface area (Å²) in [5.41, 5.74) is 0.250. The van der Waals surface area contributed by atoms with Crippen LogP contribution < -0.4 is 5.69 Å². The molecule has 21 heavy (non-hydrogen) atoms. The van der Waals surface area contributed by atoms with Gasteiger partial charge >= 0.3 is 5.69 Å². The minimum absolute atomic E-state index is 0.127. The van der Waals surface area contributed by atoms with E-state index in [4.69, 9.17) is 0 Å². The number of halogens is 3. The Morgan fingerprint density at radius 2 is 1.71 bits per heavy atom. The van der Waals surface area contributed by atoms with Crippen LogP contribution in [0.2, 0.25) is 0 Å². The smallest absolute Gasteiger partial charge is 0.306 e. The number of ketones is 1. The van der Waals surface area contributed by atoms with Crippen molar-refractivity contribution in [2.24, 2.45) is 0 Å². The van der Waals surface area contributed by atoms with Gasteiger partial charge in [0.1, 0.15) is 0 Å². The van der Waals surface area contributed by atoms with Crippen molar-refractivity contribution in [1.29, 1.82) is 0 Å². The Hall–Kier alpha value is -2.28. The van der Waals surface area contributed by atoms with Gasteiger partial charge < -0.3 is 9.97 Å². The van der Waals surface area contributed by atoms with Gasteiger partial charge in [0.05, 0.1) is 16.6 Å². The van der Waals surface area contributed by atoms with Crippen molar-refractivity contribution in [3.63, 3.8) is 0 Å². The molecule has 0 atom stereocenters. The van der Waals surface area contributed by atoms with E-state index in [1.54, 1.807) is 0 Å². The molecule has 2 aromatic carbocycles. The molecule has 0 saturated heterocycles. The van der Waals surface area contributed by atoms with E-state index in [0.717, 1.165) is 6.07 Å². The van der Waals surface area contributed by atoms with Crippen LogP contribution in [0.1, 0.15) is 15.9 Å². The van der Waals surface area contributed by atoms with Crippen LogP contribution >= 0.6 is 15.9 Å². The van der Waals surface area contributed by atoms with E-state index >= 15 is 0 Å². The first-order valence-electron chi connectivity index (χ1n) is 5.87. The Bertz CT molecular complexity index is 930. The third-order valence-corrected chi connectivity index (χ3v) is 3.70. The summed E-state index contributed by atoms with van der Waals surface area (Å²) >= 11 is 3.19. The molecule has 106 valence electrons. The average Bonchev–Trinajstić information content (AvgIpc) is 2.79. The normalized spacial score (nSPS) is 11.0. The second-order valence-electron chi connectivity index (χ2n) is 4.39. The molecule has 2 N–H and O–H groups in total. The van der Waals surface area contributed by atoms with E-state index < -0.39 is 23.1 Å². The lowest BCUT2D eigenvalue weighted by atomic mass is 10.0. The molecule has 0 bridgehead atoms. The number of fused-ring (bicyclic) bond motifs is 1. The maximum absolute atomic E-state index is 13.7. The Morgan fingerprint density at radius 3 is 2.43 bits per heavy atom. The van der Waals surface area contributed by atoms with Crippen molar-refractivity contribution in [3.8, 4) is 0 Å². The molecular weight excluding hydrogens is 346 g/mol. The number of carbonyl (C=O) groups excluding carboxylic acids is 1. The molecule has 0 radical (unpaired) electrons. The zero-order valence-corrected chi connectivity index (χ0v) is 11.9. The number of aromatic amines is 2. The zero-order chi connectivity index (χ0) is 15.1. The highest BCUT2D eigenvalue weighted by Crippen LogP contribution is 2.25. The number of aromatic nitrogens is 2. The first-order valence-corrected chi connectivity index (χ1v) is 6.67. The summed E-state index contributed by atoms with van der Waals surface area (Å²) in [5, 5.41) is 0. The number of benzene rings is 2. The molecule has 3 aromatic rings. The molecular formula is C14H7BrF2N2O2. The molecule has 0 aliphatic heterocycles. The number of nitrogens with one attached hydrogen (secondary N) is 2. The largest absolute Gasteiger partial charge is 0.323 e. The van der Waals surface area contributed by atoms with Crippen molar-refractivity contribution in [1.82, 2.24) is 9.97 Å². The standard InChI is InChI=1S/C14H7BrF2N2O2/c15-8-5-11-10(18-14(21)19-11)4-7(8)13(20)6-2-1-3-9(16)12(6)17/h1-5H,(H2,18,19,21). The molecule has 0 aliphatic carbocycles. The van der Waals surface area contributed by atoms with E-state index in [-0.39, 0.29) is 11.1 Å². The van der Waals surface area contributed by atoms with E-state index in [9.17, 15) is 18.4 Å². The Balaban J connectivity index is 2.19. The third-order valence-electron chi connectivity index (χ3n) is 3.04. The highest BCUT2D eigenvalue weighted by molar-refractivity contribution is 9.10. The fraction of sp³-hybridized carbons (Fsp3) is 0. The van der Waals surface area contributed by atoms with Crippen molar-refractivity contribution < 1.29 is 13.6 Å². The van der Waals surface area contributed by atoms with Gasteiger partial charge in [0, 0.05) is 10.0 Å². The number of hydrogen-bond acceptors (Lipinski definition) is 2. The molecule has 0 saturated carbocycles. The van der Waals surface area contributed by atoms with Crippen LogP contribution in [0.4, 0.5) is 8.78 Å². The van der Waals surface area contributed by atoms with Crippen LogP contribution in [-0.4, -0.2) is 15.8 Å². The fourth-order valence-electron chi connectivity index (χ4n) is 2.05. The van der Waals surface area contributed by atoms with Crippen molar-refractivity contribution in [2.45, 2.75) is 0 Å². The quantitative estimate of drug-likeness (QED) is 0.696. The number of carbonyl (C=O) groups is 1. The van der Waals surface area contributed by atoms with Crippen LogP contribution in [0, 0.1) is 11.6 Å². The van der Waals surface area contributed by atoms with Crippen LogP contribution in [0.3, 0.4) is 0 Å². The summed E-state index contributed by atoms with van der Waals surface area (Å²) in [6.45, 7) is 0. The molecule has 1 aromatic heterocycles. The monoisotopic (exact) mass is 352 g/mol. The summed E-state index contributed by atoms with van der Waals surface area (Å²) in [5.74, 6) is -2.96.